The van der Waals surface area contributed by atoms with Crippen LogP contribution in [-0.2, 0) is 32.0 Å². The highest BCUT2D eigenvalue weighted by Gasteiger charge is 2.56. The van der Waals surface area contributed by atoms with E-state index in [-0.39, 0.29) is 24.7 Å². The zero-order valence-electron chi connectivity index (χ0n) is 20.1. The second kappa shape index (κ2) is 10.3. The SMILES string of the molecule is CC1(C)OC2C(N(Cc3ccccc3)Cc3ccccc3)[C@@H](COC(=O)c3ccccc3)O[C@@H]2O1. The van der Waals surface area contributed by atoms with Gasteiger partial charge in [-0.05, 0) is 37.1 Å². The van der Waals surface area contributed by atoms with Crippen molar-refractivity contribution in [3.05, 3.63) is 108 Å². The highest BCUT2D eigenvalue weighted by molar-refractivity contribution is 5.89. The Labute approximate surface area is 206 Å². The molecule has 0 radical (unpaired) electrons. The Kier molecular flexibility index (Phi) is 6.97. The summed E-state index contributed by atoms with van der Waals surface area (Å²) in [4.78, 5) is 15.0. The summed E-state index contributed by atoms with van der Waals surface area (Å²) in [5, 5.41) is 0. The lowest BCUT2D eigenvalue weighted by molar-refractivity contribution is -0.215. The lowest BCUT2D eigenvalue weighted by atomic mass is 10.0. The predicted molar refractivity (Wildman–Crippen MR) is 131 cm³/mol. The van der Waals surface area contributed by atoms with E-state index in [2.05, 4.69) is 29.2 Å². The molecule has 2 aliphatic heterocycles. The van der Waals surface area contributed by atoms with E-state index in [0.29, 0.717) is 18.7 Å². The minimum absolute atomic E-state index is 0.110. The Morgan fingerprint density at radius 2 is 1.37 bits per heavy atom. The van der Waals surface area contributed by atoms with Crippen molar-refractivity contribution in [1.82, 2.24) is 4.90 Å². The fourth-order valence-electron chi connectivity index (χ4n) is 4.86. The number of carbonyl (C=O) groups is 1. The van der Waals surface area contributed by atoms with E-state index in [4.69, 9.17) is 18.9 Å². The summed E-state index contributed by atoms with van der Waals surface area (Å²) in [7, 11) is 0. The zero-order chi connectivity index (χ0) is 24.3. The quantitative estimate of drug-likeness (QED) is 0.439. The third kappa shape index (κ3) is 5.63. The van der Waals surface area contributed by atoms with Gasteiger partial charge in [0.15, 0.2) is 12.1 Å². The van der Waals surface area contributed by atoms with Crippen LogP contribution in [0.15, 0.2) is 91.0 Å². The van der Waals surface area contributed by atoms with Gasteiger partial charge < -0.3 is 18.9 Å². The van der Waals surface area contributed by atoms with Crippen LogP contribution in [0.3, 0.4) is 0 Å². The summed E-state index contributed by atoms with van der Waals surface area (Å²) in [6.07, 6.45) is -1.23. The van der Waals surface area contributed by atoms with E-state index >= 15 is 0 Å². The van der Waals surface area contributed by atoms with Crippen molar-refractivity contribution >= 4 is 5.97 Å². The lowest BCUT2D eigenvalue weighted by Crippen LogP contribution is -2.49. The molecule has 0 saturated carbocycles. The number of benzene rings is 3. The maximum atomic E-state index is 12.7. The fourth-order valence-corrected chi connectivity index (χ4v) is 4.86. The third-order valence-corrected chi connectivity index (χ3v) is 6.38. The molecule has 0 aliphatic carbocycles. The molecule has 0 amide bonds. The summed E-state index contributed by atoms with van der Waals surface area (Å²) in [6, 6.07) is 29.5. The molecule has 3 aromatic carbocycles. The van der Waals surface area contributed by atoms with Crippen LogP contribution in [0.5, 0.6) is 0 Å². The second-order valence-electron chi connectivity index (χ2n) is 9.47. The number of rotatable bonds is 8. The minimum Gasteiger partial charge on any atom is -0.459 e. The first kappa shape index (κ1) is 23.7. The first-order valence-corrected chi connectivity index (χ1v) is 12.0. The number of hydrogen-bond donors (Lipinski definition) is 0. The number of fused-ring (bicyclic) bond motifs is 1. The van der Waals surface area contributed by atoms with E-state index in [1.54, 1.807) is 12.1 Å². The Hall–Kier alpha value is -3.03. The number of ether oxygens (including phenoxy) is 4. The summed E-state index contributed by atoms with van der Waals surface area (Å²) in [5.41, 5.74) is 2.89. The second-order valence-corrected chi connectivity index (χ2v) is 9.47. The van der Waals surface area contributed by atoms with Crippen LogP contribution in [0.4, 0.5) is 0 Å². The maximum absolute atomic E-state index is 12.7. The summed E-state index contributed by atoms with van der Waals surface area (Å²) in [5.74, 6) is -1.12. The molecule has 0 aromatic heterocycles. The van der Waals surface area contributed by atoms with Crippen LogP contribution in [0, 0.1) is 0 Å². The molecule has 6 heteroatoms. The van der Waals surface area contributed by atoms with Crippen LogP contribution in [0.25, 0.3) is 0 Å². The lowest BCUT2D eigenvalue weighted by Gasteiger charge is -2.35. The normalized spacial score (nSPS) is 24.9. The molecular formula is C29H31NO5. The van der Waals surface area contributed by atoms with Gasteiger partial charge in [-0.25, -0.2) is 4.79 Å². The molecule has 2 aliphatic rings. The maximum Gasteiger partial charge on any atom is 0.338 e. The highest BCUT2D eigenvalue weighted by atomic mass is 16.8. The summed E-state index contributed by atoms with van der Waals surface area (Å²) < 4.78 is 24.4. The number of carbonyl (C=O) groups excluding carboxylic acids is 1. The van der Waals surface area contributed by atoms with E-state index in [0.717, 1.165) is 0 Å². The number of hydrogen-bond acceptors (Lipinski definition) is 6. The highest BCUT2D eigenvalue weighted by Crippen LogP contribution is 2.40. The van der Waals surface area contributed by atoms with Gasteiger partial charge in [0, 0.05) is 13.1 Å². The van der Waals surface area contributed by atoms with Crippen molar-refractivity contribution in [3.63, 3.8) is 0 Å². The molecule has 2 unspecified atom stereocenters. The van der Waals surface area contributed by atoms with E-state index in [1.807, 2.05) is 68.4 Å². The first-order valence-electron chi connectivity index (χ1n) is 12.0. The topological polar surface area (TPSA) is 57.2 Å². The molecule has 2 heterocycles. The standard InChI is InChI=1S/C29H31NO5/c1-29(2)34-26-25(24(33-28(26)35-29)20-32-27(31)23-16-10-5-11-17-23)30(18-21-12-6-3-7-13-21)19-22-14-8-4-9-15-22/h3-17,24-26,28H,18-20H2,1-2H3/t24-,25?,26?,28-/m1/s1. The van der Waals surface area contributed by atoms with Gasteiger partial charge in [-0.15, -0.1) is 0 Å². The van der Waals surface area contributed by atoms with Gasteiger partial charge in [0.1, 0.15) is 18.8 Å². The van der Waals surface area contributed by atoms with Gasteiger partial charge in [-0.2, -0.15) is 0 Å². The summed E-state index contributed by atoms with van der Waals surface area (Å²) in [6.45, 7) is 5.29. The van der Waals surface area contributed by atoms with E-state index < -0.39 is 18.2 Å². The van der Waals surface area contributed by atoms with Gasteiger partial charge in [0.05, 0.1) is 11.6 Å². The van der Waals surface area contributed by atoms with Gasteiger partial charge in [0.2, 0.25) is 0 Å². The largest absolute Gasteiger partial charge is 0.459 e. The first-order chi connectivity index (χ1) is 17.0. The Morgan fingerprint density at radius 3 is 1.94 bits per heavy atom. The monoisotopic (exact) mass is 473 g/mol. The van der Waals surface area contributed by atoms with Crippen LogP contribution in [0.2, 0.25) is 0 Å². The Bertz CT molecular complexity index is 1060. The predicted octanol–water partition coefficient (Wildman–Crippen LogP) is 4.79. The molecule has 0 N–H and O–H groups in total. The zero-order valence-corrected chi connectivity index (χ0v) is 20.1. The molecule has 0 bridgehead atoms. The van der Waals surface area contributed by atoms with Crippen molar-refractivity contribution < 1.29 is 23.7 Å². The van der Waals surface area contributed by atoms with Gasteiger partial charge in [-0.1, -0.05) is 78.9 Å². The van der Waals surface area contributed by atoms with Gasteiger partial charge in [0.25, 0.3) is 0 Å². The summed E-state index contributed by atoms with van der Waals surface area (Å²) >= 11 is 0. The molecule has 0 spiro atoms. The van der Waals surface area contributed by atoms with Crippen LogP contribution < -0.4 is 0 Å². The number of esters is 1. The number of nitrogens with zero attached hydrogens (tertiary/aromatic N) is 1. The van der Waals surface area contributed by atoms with E-state index in [9.17, 15) is 4.79 Å². The Morgan fingerprint density at radius 1 is 0.829 bits per heavy atom. The minimum atomic E-state index is -0.746. The van der Waals surface area contributed by atoms with Crippen molar-refractivity contribution in [2.24, 2.45) is 0 Å². The van der Waals surface area contributed by atoms with Crippen molar-refractivity contribution in [2.45, 2.75) is 57.3 Å². The molecule has 2 fully saturated rings. The van der Waals surface area contributed by atoms with Crippen molar-refractivity contribution in [1.29, 1.82) is 0 Å². The molecular weight excluding hydrogens is 442 g/mol. The van der Waals surface area contributed by atoms with Crippen molar-refractivity contribution in [2.75, 3.05) is 6.61 Å². The van der Waals surface area contributed by atoms with E-state index in [1.165, 1.54) is 11.1 Å². The van der Waals surface area contributed by atoms with Crippen LogP contribution >= 0.6 is 0 Å². The molecule has 4 atom stereocenters. The molecule has 5 rings (SSSR count). The molecule has 2 saturated heterocycles. The smallest absolute Gasteiger partial charge is 0.338 e. The average Bonchev–Trinajstić information content (AvgIpc) is 3.34. The molecule has 35 heavy (non-hydrogen) atoms. The van der Waals surface area contributed by atoms with Crippen LogP contribution in [0.1, 0.15) is 35.3 Å². The molecule has 3 aromatic rings. The van der Waals surface area contributed by atoms with Gasteiger partial charge >= 0.3 is 5.97 Å². The Balaban J connectivity index is 1.41. The van der Waals surface area contributed by atoms with Crippen molar-refractivity contribution in [3.8, 4) is 0 Å². The molecule has 6 nitrogen and oxygen atoms in total. The fraction of sp³-hybridized carbons (Fsp3) is 0.345. The van der Waals surface area contributed by atoms with Gasteiger partial charge in [-0.3, -0.25) is 4.90 Å². The third-order valence-electron chi connectivity index (χ3n) is 6.38. The average molecular weight is 474 g/mol. The molecule has 182 valence electrons. The van der Waals surface area contributed by atoms with Crippen LogP contribution in [-0.4, -0.2) is 47.8 Å².